The summed E-state index contributed by atoms with van der Waals surface area (Å²) in [6, 6.07) is 9.37. The minimum absolute atomic E-state index is 0.0901. The lowest BCUT2D eigenvalue weighted by Gasteiger charge is -2.08. The van der Waals surface area contributed by atoms with Crippen molar-refractivity contribution in [2.24, 2.45) is 0 Å². The maximum absolute atomic E-state index is 12.0. The predicted molar refractivity (Wildman–Crippen MR) is 99.4 cm³/mol. The van der Waals surface area contributed by atoms with Crippen molar-refractivity contribution < 1.29 is 28.8 Å². The van der Waals surface area contributed by atoms with Gasteiger partial charge in [0, 0.05) is 16.8 Å². The fourth-order valence-corrected chi connectivity index (χ4v) is 2.30. The van der Waals surface area contributed by atoms with Gasteiger partial charge in [-0.1, -0.05) is 11.6 Å². The number of hydrogen-bond donors (Lipinski definition) is 1. The molecule has 0 fully saturated rings. The summed E-state index contributed by atoms with van der Waals surface area (Å²) >= 11 is 5.68. The molecule has 0 aliphatic rings. The molecule has 0 unspecified atom stereocenters. The Morgan fingerprint density at radius 3 is 2.36 bits per heavy atom. The van der Waals surface area contributed by atoms with E-state index >= 15 is 0 Å². The summed E-state index contributed by atoms with van der Waals surface area (Å²) in [6.07, 6.45) is 0. The first-order chi connectivity index (χ1) is 13.3. The number of nitro groups is 1. The minimum Gasteiger partial charge on any atom is -0.462 e. The maximum Gasteiger partial charge on any atom is 0.345 e. The molecule has 0 spiro atoms. The first-order valence-corrected chi connectivity index (χ1v) is 8.37. The molecule has 0 saturated carbocycles. The van der Waals surface area contributed by atoms with Crippen LogP contribution in [0.15, 0.2) is 42.5 Å². The number of anilines is 1. The van der Waals surface area contributed by atoms with Crippen LogP contribution < -0.4 is 5.32 Å². The highest BCUT2D eigenvalue weighted by Gasteiger charge is 2.22. The van der Waals surface area contributed by atoms with Gasteiger partial charge in [0.2, 0.25) is 0 Å². The average Bonchev–Trinajstić information content (AvgIpc) is 2.66. The van der Waals surface area contributed by atoms with Gasteiger partial charge in [0.05, 0.1) is 17.1 Å². The van der Waals surface area contributed by atoms with E-state index < -0.39 is 35.1 Å². The smallest absolute Gasteiger partial charge is 0.345 e. The number of carbonyl (C=O) groups excluding carboxylic acids is 3. The van der Waals surface area contributed by atoms with Crippen molar-refractivity contribution in [3.63, 3.8) is 0 Å². The zero-order valence-electron chi connectivity index (χ0n) is 14.6. The fourth-order valence-electron chi connectivity index (χ4n) is 2.14. The van der Waals surface area contributed by atoms with E-state index in [1.807, 2.05) is 0 Å². The lowest BCUT2D eigenvalue weighted by atomic mass is 10.2. The Morgan fingerprint density at radius 2 is 1.75 bits per heavy atom. The van der Waals surface area contributed by atoms with Crippen LogP contribution in [0, 0.1) is 10.1 Å². The van der Waals surface area contributed by atoms with Crippen LogP contribution in [0.25, 0.3) is 0 Å². The second kappa shape index (κ2) is 9.47. The topological polar surface area (TPSA) is 125 Å². The Morgan fingerprint density at radius 1 is 1.07 bits per heavy atom. The van der Waals surface area contributed by atoms with E-state index in [9.17, 15) is 24.5 Å². The zero-order valence-corrected chi connectivity index (χ0v) is 15.4. The van der Waals surface area contributed by atoms with Gasteiger partial charge in [-0.2, -0.15) is 0 Å². The third-order valence-corrected chi connectivity index (χ3v) is 3.63. The molecule has 0 aliphatic carbocycles. The highest BCUT2D eigenvalue weighted by Crippen LogP contribution is 2.23. The van der Waals surface area contributed by atoms with Crippen molar-refractivity contribution in [2.75, 3.05) is 18.5 Å². The Bertz CT molecular complexity index is 913. The maximum atomic E-state index is 12.0. The monoisotopic (exact) mass is 406 g/mol. The number of amides is 1. The van der Waals surface area contributed by atoms with Gasteiger partial charge in [0.15, 0.2) is 6.61 Å². The molecule has 10 heteroatoms. The number of nitro benzene ring substituents is 1. The lowest BCUT2D eigenvalue weighted by molar-refractivity contribution is -0.385. The molecule has 0 heterocycles. The molecule has 1 N–H and O–H groups in total. The molecular formula is C18H15ClN2O7. The van der Waals surface area contributed by atoms with Crippen LogP contribution in [0.3, 0.4) is 0 Å². The largest absolute Gasteiger partial charge is 0.462 e. The van der Waals surface area contributed by atoms with Gasteiger partial charge in [-0.15, -0.1) is 0 Å². The van der Waals surface area contributed by atoms with E-state index in [2.05, 4.69) is 5.32 Å². The van der Waals surface area contributed by atoms with Crippen LogP contribution in [0.2, 0.25) is 5.02 Å². The van der Waals surface area contributed by atoms with Gasteiger partial charge in [-0.05, 0) is 43.3 Å². The first-order valence-electron chi connectivity index (χ1n) is 8.00. The van der Waals surface area contributed by atoms with Crippen LogP contribution >= 0.6 is 11.6 Å². The van der Waals surface area contributed by atoms with E-state index in [0.29, 0.717) is 11.3 Å². The van der Waals surface area contributed by atoms with E-state index in [1.165, 1.54) is 30.3 Å². The molecule has 0 atom stereocenters. The van der Waals surface area contributed by atoms with Gasteiger partial charge < -0.3 is 14.8 Å². The molecule has 0 aliphatic heterocycles. The fraction of sp³-hybridized carbons (Fsp3) is 0.167. The number of esters is 2. The van der Waals surface area contributed by atoms with Crippen molar-refractivity contribution in [2.45, 2.75) is 6.92 Å². The average molecular weight is 407 g/mol. The number of rotatable bonds is 7. The molecule has 0 radical (unpaired) electrons. The molecule has 9 nitrogen and oxygen atoms in total. The quantitative estimate of drug-likeness (QED) is 0.425. The minimum atomic E-state index is -1.03. The number of hydrogen-bond acceptors (Lipinski definition) is 7. The molecular weight excluding hydrogens is 392 g/mol. The molecule has 0 bridgehead atoms. The zero-order chi connectivity index (χ0) is 20.7. The van der Waals surface area contributed by atoms with E-state index in [0.717, 1.165) is 12.1 Å². The molecule has 2 aromatic rings. The van der Waals surface area contributed by atoms with Crippen LogP contribution in [-0.4, -0.2) is 36.0 Å². The summed E-state index contributed by atoms with van der Waals surface area (Å²) in [4.78, 5) is 45.7. The molecule has 0 aromatic heterocycles. The third kappa shape index (κ3) is 5.52. The number of nitrogens with zero attached hydrogens (tertiary/aromatic N) is 1. The van der Waals surface area contributed by atoms with Crippen molar-refractivity contribution in [1.29, 1.82) is 0 Å². The van der Waals surface area contributed by atoms with Crippen LogP contribution in [0.5, 0.6) is 0 Å². The summed E-state index contributed by atoms with van der Waals surface area (Å²) in [5, 5.41) is 13.6. The van der Waals surface area contributed by atoms with Gasteiger partial charge in [-0.3, -0.25) is 14.9 Å². The molecule has 2 rings (SSSR count). The molecule has 1 amide bonds. The highest BCUT2D eigenvalue weighted by molar-refractivity contribution is 6.31. The second-order valence-electron chi connectivity index (χ2n) is 5.34. The lowest BCUT2D eigenvalue weighted by Crippen LogP contribution is -2.21. The second-order valence-corrected chi connectivity index (χ2v) is 5.78. The van der Waals surface area contributed by atoms with Gasteiger partial charge >= 0.3 is 11.9 Å². The summed E-state index contributed by atoms with van der Waals surface area (Å²) in [6.45, 7) is 1.28. The van der Waals surface area contributed by atoms with Crippen molar-refractivity contribution in [3.05, 3.63) is 68.7 Å². The van der Waals surface area contributed by atoms with Crippen molar-refractivity contribution in [3.8, 4) is 0 Å². The van der Waals surface area contributed by atoms with Crippen LogP contribution in [-0.2, 0) is 14.3 Å². The third-order valence-electron chi connectivity index (χ3n) is 3.39. The van der Waals surface area contributed by atoms with Crippen LogP contribution in [0.4, 0.5) is 11.4 Å². The standard InChI is InChI=1S/C18H15ClN2O7/c1-2-27-17(23)11-3-6-13(7-4-11)20-16(22)10-28-18(24)14-8-5-12(19)9-15(14)21(25)26/h3-9H,2,10H2,1H3,(H,20,22). The molecule has 28 heavy (non-hydrogen) atoms. The van der Waals surface area contributed by atoms with Gasteiger partial charge in [0.25, 0.3) is 11.6 Å². The number of carbonyl (C=O) groups is 3. The number of benzene rings is 2. The Labute approximate surface area is 164 Å². The van der Waals surface area contributed by atoms with Gasteiger partial charge in [0.1, 0.15) is 5.56 Å². The number of halogens is 1. The number of nitrogens with one attached hydrogen (secondary N) is 1. The summed E-state index contributed by atoms with van der Waals surface area (Å²) < 4.78 is 9.66. The van der Waals surface area contributed by atoms with Gasteiger partial charge in [-0.25, -0.2) is 9.59 Å². The van der Waals surface area contributed by atoms with Crippen molar-refractivity contribution >= 4 is 40.8 Å². The first kappa shape index (κ1) is 20.8. The Kier molecular flexibility index (Phi) is 7.05. The normalized spacial score (nSPS) is 10.1. The molecule has 2 aromatic carbocycles. The molecule has 146 valence electrons. The van der Waals surface area contributed by atoms with Crippen LogP contribution in [0.1, 0.15) is 27.6 Å². The Balaban J connectivity index is 1.95. The van der Waals surface area contributed by atoms with Crippen molar-refractivity contribution in [1.82, 2.24) is 0 Å². The summed E-state index contributed by atoms with van der Waals surface area (Å²) in [5.41, 5.74) is -0.152. The summed E-state index contributed by atoms with van der Waals surface area (Å²) in [5.74, 6) is -2.18. The molecule has 0 saturated heterocycles. The summed E-state index contributed by atoms with van der Waals surface area (Å²) in [7, 11) is 0. The van der Waals surface area contributed by atoms with E-state index in [1.54, 1.807) is 6.92 Å². The van der Waals surface area contributed by atoms with E-state index in [4.69, 9.17) is 21.1 Å². The predicted octanol–water partition coefficient (Wildman–Crippen LogP) is 3.22. The number of ether oxygens (including phenoxy) is 2. The highest BCUT2D eigenvalue weighted by atomic mass is 35.5. The Hall–Kier alpha value is -3.46. The van der Waals surface area contributed by atoms with E-state index in [-0.39, 0.29) is 17.2 Å². The SMILES string of the molecule is CCOC(=O)c1ccc(NC(=O)COC(=O)c2ccc(Cl)cc2[N+](=O)[O-])cc1.